The summed E-state index contributed by atoms with van der Waals surface area (Å²) in [6.45, 7) is 0. The largest absolute Gasteiger partial charge is 0.358 e. The van der Waals surface area contributed by atoms with Gasteiger partial charge >= 0.3 is 0 Å². The molecule has 1 heterocycles. The minimum atomic E-state index is -0.135. The monoisotopic (exact) mass is 147 g/mol. The van der Waals surface area contributed by atoms with Crippen molar-refractivity contribution >= 4 is 11.6 Å². The number of carbonyl (C=O) groups excluding carboxylic acids is 2. The van der Waals surface area contributed by atoms with E-state index in [0.29, 0.717) is 11.3 Å². The van der Waals surface area contributed by atoms with Crippen molar-refractivity contribution in [3.05, 3.63) is 35.7 Å². The topological polar surface area (TPSA) is 49.9 Å². The number of aromatic nitrogens is 1. The summed E-state index contributed by atoms with van der Waals surface area (Å²) in [6, 6.07) is 1.61. The van der Waals surface area contributed by atoms with E-state index < -0.39 is 0 Å². The average molecular weight is 147 g/mol. The molecule has 0 aliphatic heterocycles. The molecule has 0 unspecified atom stereocenters. The summed E-state index contributed by atoms with van der Waals surface area (Å²) in [4.78, 5) is 24.8. The number of H-pyrrole nitrogens is 1. The first kappa shape index (κ1) is 6.09. The molecule has 54 valence electrons. The lowest BCUT2D eigenvalue weighted by molar-refractivity contribution is 0.0992. The Hall–Kier alpha value is -1.64. The number of fused-ring (bicyclic) bond motifs is 1. The SMILES string of the molecule is O=C1C=CC(=O)c2[nH]ccc21. The summed E-state index contributed by atoms with van der Waals surface area (Å²) in [6.07, 6.45) is 4.16. The molecule has 0 fully saturated rings. The van der Waals surface area contributed by atoms with Crippen LogP contribution in [0.3, 0.4) is 0 Å². The maximum atomic E-state index is 11.0. The van der Waals surface area contributed by atoms with Crippen molar-refractivity contribution in [3.63, 3.8) is 0 Å². The summed E-state index contributed by atoms with van der Waals surface area (Å²) in [5.41, 5.74) is 0.870. The Labute approximate surface area is 62.7 Å². The van der Waals surface area contributed by atoms with Gasteiger partial charge in [0.2, 0.25) is 5.78 Å². The van der Waals surface area contributed by atoms with Crippen molar-refractivity contribution < 1.29 is 9.59 Å². The van der Waals surface area contributed by atoms with Gasteiger partial charge in [0, 0.05) is 6.20 Å². The summed E-state index contributed by atoms with van der Waals surface area (Å²) in [5.74, 6) is -0.245. The molecule has 0 atom stereocenters. The number of nitrogens with one attached hydrogen (secondary N) is 1. The van der Waals surface area contributed by atoms with Crippen LogP contribution in [0.1, 0.15) is 20.8 Å². The van der Waals surface area contributed by atoms with Crippen LogP contribution in [-0.2, 0) is 0 Å². The summed E-state index contributed by atoms with van der Waals surface area (Å²) >= 11 is 0. The molecule has 1 aromatic rings. The van der Waals surface area contributed by atoms with Crippen LogP contribution in [-0.4, -0.2) is 16.6 Å². The molecule has 0 saturated heterocycles. The number of hydrogen-bond acceptors (Lipinski definition) is 2. The molecule has 0 bridgehead atoms. The molecule has 1 aliphatic rings. The van der Waals surface area contributed by atoms with Gasteiger partial charge < -0.3 is 4.98 Å². The highest BCUT2D eigenvalue weighted by atomic mass is 16.1. The molecule has 3 heteroatoms. The maximum absolute atomic E-state index is 11.0. The highest BCUT2D eigenvalue weighted by Crippen LogP contribution is 2.13. The van der Waals surface area contributed by atoms with Crippen molar-refractivity contribution in [2.24, 2.45) is 0 Å². The van der Waals surface area contributed by atoms with E-state index in [1.807, 2.05) is 0 Å². The van der Waals surface area contributed by atoms with Gasteiger partial charge in [-0.1, -0.05) is 0 Å². The second-order valence-electron chi connectivity index (χ2n) is 2.33. The van der Waals surface area contributed by atoms with Crippen LogP contribution >= 0.6 is 0 Å². The van der Waals surface area contributed by atoms with Crippen LogP contribution in [0.4, 0.5) is 0 Å². The molecular weight excluding hydrogens is 142 g/mol. The molecule has 0 spiro atoms. The van der Waals surface area contributed by atoms with Crippen LogP contribution < -0.4 is 0 Å². The predicted molar refractivity (Wildman–Crippen MR) is 38.6 cm³/mol. The van der Waals surface area contributed by atoms with Crippen LogP contribution in [0.2, 0.25) is 0 Å². The molecular formula is C8H5NO2. The molecule has 0 amide bonds. The van der Waals surface area contributed by atoms with E-state index in [4.69, 9.17) is 0 Å². The number of carbonyl (C=O) groups is 2. The third kappa shape index (κ3) is 0.741. The van der Waals surface area contributed by atoms with E-state index in [2.05, 4.69) is 4.98 Å². The standard InChI is InChI=1S/C8H5NO2/c10-6-1-2-7(11)8-5(6)3-4-9-8/h1-4,9H. The Morgan fingerprint density at radius 3 is 2.55 bits per heavy atom. The number of rotatable bonds is 0. The Kier molecular flexibility index (Phi) is 1.06. The van der Waals surface area contributed by atoms with Gasteiger partial charge in [-0.05, 0) is 18.2 Å². The van der Waals surface area contributed by atoms with Gasteiger partial charge in [-0.25, -0.2) is 0 Å². The first-order valence-corrected chi connectivity index (χ1v) is 3.23. The summed E-state index contributed by atoms with van der Waals surface area (Å²) < 4.78 is 0. The first-order valence-electron chi connectivity index (χ1n) is 3.23. The molecule has 0 aromatic carbocycles. The third-order valence-corrected chi connectivity index (χ3v) is 1.64. The van der Waals surface area contributed by atoms with Crippen molar-refractivity contribution in [2.45, 2.75) is 0 Å². The summed E-state index contributed by atoms with van der Waals surface area (Å²) in [7, 11) is 0. The minimum absolute atomic E-state index is 0.110. The highest BCUT2D eigenvalue weighted by molar-refractivity contribution is 6.21. The maximum Gasteiger partial charge on any atom is 0.202 e. The molecule has 1 aromatic heterocycles. The predicted octanol–water partition coefficient (Wildman–Crippen LogP) is 0.950. The Balaban J connectivity index is 2.68. The fourth-order valence-electron chi connectivity index (χ4n) is 1.10. The molecule has 2 rings (SSSR count). The number of hydrogen-bond donors (Lipinski definition) is 1. The molecule has 0 radical (unpaired) electrons. The normalized spacial score (nSPS) is 15.3. The lowest BCUT2D eigenvalue weighted by Crippen LogP contribution is -2.09. The van der Waals surface area contributed by atoms with Gasteiger partial charge in [0.25, 0.3) is 0 Å². The van der Waals surface area contributed by atoms with Crippen molar-refractivity contribution in [2.75, 3.05) is 0 Å². The zero-order valence-electron chi connectivity index (χ0n) is 5.63. The van der Waals surface area contributed by atoms with Gasteiger partial charge in [-0.3, -0.25) is 9.59 Å². The molecule has 1 aliphatic carbocycles. The minimum Gasteiger partial charge on any atom is -0.358 e. The average Bonchev–Trinajstić information content (AvgIpc) is 2.45. The molecule has 11 heavy (non-hydrogen) atoms. The lowest BCUT2D eigenvalue weighted by Gasteiger charge is -2.00. The van der Waals surface area contributed by atoms with Crippen molar-refractivity contribution in [3.8, 4) is 0 Å². The van der Waals surface area contributed by atoms with E-state index >= 15 is 0 Å². The fraction of sp³-hybridized carbons (Fsp3) is 0. The number of aromatic amines is 1. The first-order chi connectivity index (χ1) is 5.29. The smallest absolute Gasteiger partial charge is 0.202 e. The Morgan fingerprint density at radius 2 is 1.82 bits per heavy atom. The van der Waals surface area contributed by atoms with E-state index in [1.54, 1.807) is 12.3 Å². The zero-order chi connectivity index (χ0) is 7.84. The molecule has 1 N–H and O–H groups in total. The number of allylic oxidation sites excluding steroid dienone is 2. The highest BCUT2D eigenvalue weighted by Gasteiger charge is 2.18. The quantitative estimate of drug-likeness (QED) is 0.593. The van der Waals surface area contributed by atoms with Crippen LogP contribution in [0.15, 0.2) is 24.4 Å². The van der Waals surface area contributed by atoms with Crippen LogP contribution in [0.5, 0.6) is 0 Å². The van der Waals surface area contributed by atoms with Gasteiger partial charge in [0.05, 0.1) is 11.3 Å². The molecule has 3 nitrogen and oxygen atoms in total. The van der Waals surface area contributed by atoms with E-state index in [9.17, 15) is 9.59 Å². The fourth-order valence-corrected chi connectivity index (χ4v) is 1.10. The van der Waals surface area contributed by atoms with Crippen LogP contribution in [0, 0.1) is 0 Å². The van der Waals surface area contributed by atoms with E-state index in [1.165, 1.54) is 12.2 Å². The second kappa shape index (κ2) is 1.92. The number of ketones is 2. The zero-order valence-corrected chi connectivity index (χ0v) is 5.63. The second-order valence-corrected chi connectivity index (χ2v) is 2.33. The van der Waals surface area contributed by atoms with Gasteiger partial charge in [0.15, 0.2) is 5.78 Å². The van der Waals surface area contributed by atoms with E-state index in [-0.39, 0.29) is 11.6 Å². The van der Waals surface area contributed by atoms with Gasteiger partial charge in [-0.2, -0.15) is 0 Å². The Morgan fingerprint density at radius 1 is 1.09 bits per heavy atom. The van der Waals surface area contributed by atoms with Gasteiger partial charge in [0.1, 0.15) is 0 Å². The summed E-state index contributed by atoms with van der Waals surface area (Å²) in [5, 5.41) is 0. The van der Waals surface area contributed by atoms with Crippen molar-refractivity contribution in [1.29, 1.82) is 0 Å². The molecule has 0 saturated carbocycles. The van der Waals surface area contributed by atoms with Crippen molar-refractivity contribution in [1.82, 2.24) is 4.98 Å². The van der Waals surface area contributed by atoms with Crippen LogP contribution in [0.25, 0.3) is 0 Å². The van der Waals surface area contributed by atoms with E-state index in [0.717, 1.165) is 0 Å². The third-order valence-electron chi connectivity index (χ3n) is 1.64. The lowest BCUT2D eigenvalue weighted by atomic mass is 10.0. The van der Waals surface area contributed by atoms with Gasteiger partial charge in [-0.15, -0.1) is 0 Å². The Bertz CT molecular complexity index is 327.